The molecule has 0 aliphatic carbocycles. The average Bonchev–Trinajstić information content (AvgIpc) is 2.64. The SMILES string of the molecule is Cc1ccc2cccc(O)c2n1.Oc1ccc(-c2ccccc2)cc1.[Al+3]. The number of hydrogen-bond donors (Lipinski definition) is 2. The van der Waals surface area contributed by atoms with Crippen LogP contribution in [0.4, 0.5) is 0 Å². The number of benzene rings is 3. The molecular formula is C22H19AlNO2+3. The summed E-state index contributed by atoms with van der Waals surface area (Å²) in [6.07, 6.45) is 0. The molecule has 0 amide bonds. The number of pyridine rings is 1. The largest absolute Gasteiger partial charge is 3.00 e. The number of nitrogens with zero attached hydrogens (tertiary/aromatic N) is 1. The maximum atomic E-state index is 9.43. The molecule has 1 aromatic heterocycles. The van der Waals surface area contributed by atoms with Crippen molar-refractivity contribution in [1.82, 2.24) is 4.98 Å². The second-order valence-electron chi connectivity index (χ2n) is 5.71. The maximum absolute atomic E-state index is 9.43. The van der Waals surface area contributed by atoms with E-state index in [4.69, 9.17) is 5.11 Å². The van der Waals surface area contributed by atoms with Gasteiger partial charge in [-0.15, -0.1) is 0 Å². The fourth-order valence-corrected chi connectivity index (χ4v) is 2.51. The molecule has 1 heterocycles. The third-order valence-electron chi connectivity index (χ3n) is 3.81. The summed E-state index contributed by atoms with van der Waals surface area (Å²) >= 11 is 0. The standard InChI is InChI=1S/C12H10O.C10H9NO.Al/c13-12-8-6-11(7-9-12)10-4-2-1-3-5-10;1-7-5-6-8-3-2-4-9(12)10(8)11-7;/h1-9,13H;2-6,12H,1H3;/q;;+3. The summed E-state index contributed by atoms with van der Waals surface area (Å²) in [7, 11) is 0. The van der Waals surface area contributed by atoms with Gasteiger partial charge in [0.2, 0.25) is 0 Å². The van der Waals surface area contributed by atoms with E-state index in [1.54, 1.807) is 18.2 Å². The van der Waals surface area contributed by atoms with Crippen molar-refractivity contribution in [2.45, 2.75) is 6.92 Å². The number of para-hydroxylation sites is 1. The molecule has 124 valence electrons. The Morgan fingerprint density at radius 1 is 0.654 bits per heavy atom. The van der Waals surface area contributed by atoms with Crippen molar-refractivity contribution in [2.75, 3.05) is 0 Å². The summed E-state index contributed by atoms with van der Waals surface area (Å²) < 4.78 is 0. The number of fused-ring (bicyclic) bond motifs is 1. The molecule has 0 bridgehead atoms. The second kappa shape index (κ2) is 9.05. The number of phenolic OH excluding ortho intramolecular Hbond substituents is 2. The molecule has 0 radical (unpaired) electrons. The first kappa shape index (κ1) is 19.5. The zero-order valence-corrected chi connectivity index (χ0v) is 15.7. The van der Waals surface area contributed by atoms with Crippen molar-refractivity contribution < 1.29 is 10.2 Å². The van der Waals surface area contributed by atoms with E-state index in [1.165, 1.54) is 5.56 Å². The molecule has 4 rings (SSSR count). The van der Waals surface area contributed by atoms with Crippen LogP contribution < -0.4 is 0 Å². The maximum Gasteiger partial charge on any atom is 3.00 e. The van der Waals surface area contributed by atoms with E-state index < -0.39 is 0 Å². The van der Waals surface area contributed by atoms with Crippen LogP contribution in [0.1, 0.15) is 5.69 Å². The Morgan fingerprint density at radius 2 is 1.31 bits per heavy atom. The van der Waals surface area contributed by atoms with Crippen LogP contribution in [-0.2, 0) is 0 Å². The average molecular weight is 356 g/mol. The second-order valence-corrected chi connectivity index (χ2v) is 5.71. The van der Waals surface area contributed by atoms with E-state index in [-0.39, 0.29) is 23.1 Å². The third kappa shape index (κ3) is 4.86. The third-order valence-corrected chi connectivity index (χ3v) is 3.81. The number of aryl methyl sites for hydroxylation is 1. The zero-order valence-electron chi connectivity index (χ0n) is 14.5. The number of aromatic nitrogens is 1. The van der Waals surface area contributed by atoms with E-state index in [2.05, 4.69) is 4.98 Å². The Labute approximate surface area is 163 Å². The Hall–Kier alpha value is -2.80. The molecule has 4 aromatic rings. The smallest absolute Gasteiger partial charge is 0.508 e. The minimum absolute atomic E-state index is 0. The fraction of sp³-hybridized carbons (Fsp3) is 0.0455. The van der Waals surface area contributed by atoms with Crippen LogP contribution in [-0.4, -0.2) is 32.6 Å². The normalized spacial score (nSPS) is 9.73. The first-order valence-electron chi connectivity index (χ1n) is 8.03. The molecule has 2 N–H and O–H groups in total. The van der Waals surface area contributed by atoms with Gasteiger partial charge in [0.1, 0.15) is 17.0 Å². The van der Waals surface area contributed by atoms with Crippen molar-refractivity contribution in [3.63, 3.8) is 0 Å². The van der Waals surface area contributed by atoms with E-state index in [0.717, 1.165) is 16.6 Å². The quantitative estimate of drug-likeness (QED) is 0.476. The fourth-order valence-electron chi connectivity index (χ4n) is 2.51. The monoisotopic (exact) mass is 356 g/mol. The predicted molar refractivity (Wildman–Crippen MR) is 107 cm³/mol. The minimum Gasteiger partial charge on any atom is -0.508 e. The summed E-state index contributed by atoms with van der Waals surface area (Å²) in [5, 5.41) is 19.5. The summed E-state index contributed by atoms with van der Waals surface area (Å²) in [5.41, 5.74) is 3.89. The molecule has 0 aliphatic heterocycles. The minimum atomic E-state index is 0. The summed E-state index contributed by atoms with van der Waals surface area (Å²) in [4.78, 5) is 4.23. The van der Waals surface area contributed by atoms with Crippen LogP contribution in [0.15, 0.2) is 84.9 Å². The van der Waals surface area contributed by atoms with Crippen molar-refractivity contribution in [2.24, 2.45) is 0 Å². The van der Waals surface area contributed by atoms with Gasteiger partial charge >= 0.3 is 17.4 Å². The van der Waals surface area contributed by atoms with Gasteiger partial charge in [-0.2, -0.15) is 0 Å². The van der Waals surface area contributed by atoms with Crippen LogP contribution in [0.2, 0.25) is 0 Å². The molecule has 0 spiro atoms. The van der Waals surface area contributed by atoms with Gasteiger partial charge in [0.15, 0.2) is 0 Å². The van der Waals surface area contributed by atoms with Crippen LogP contribution in [0.25, 0.3) is 22.0 Å². The van der Waals surface area contributed by atoms with Crippen molar-refractivity contribution in [3.05, 3.63) is 90.6 Å². The Balaban J connectivity index is 0.000000180. The van der Waals surface area contributed by atoms with Crippen molar-refractivity contribution in [3.8, 4) is 22.6 Å². The van der Waals surface area contributed by atoms with Gasteiger partial charge < -0.3 is 10.2 Å². The molecule has 3 nitrogen and oxygen atoms in total. The van der Waals surface area contributed by atoms with E-state index in [9.17, 15) is 5.11 Å². The number of rotatable bonds is 1. The Bertz CT molecular complexity index is 970. The molecule has 0 unspecified atom stereocenters. The van der Waals surface area contributed by atoms with E-state index in [0.29, 0.717) is 11.3 Å². The molecule has 4 heteroatoms. The zero-order chi connectivity index (χ0) is 17.6. The van der Waals surface area contributed by atoms with Gasteiger partial charge in [-0.25, -0.2) is 4.98 Å². The van der Waals surface area contributed by atoms with Crippen molar-refractivity contribution >= 4 is 28.3 Å². The van der Waals surface area contributed by atoms with E-state index >= 15 is 0 Å². The van der Waals surface area contributed by atoms with Gasteiger partial charge in [-0.05, 0) is 42.3 Å². The van der Waals surface area contributed by atoms with Crippen LogP contribution in [0, 0.1) is 6.92 Å². The van der Waals surface area contributed by atoms with Gasteiger partial charge in [0.25, 0.3) is 0 Å². The molecule has 0 atom stereocenters. The van der Waals surface area contributed by atoms with Gasteiger partial charge in [-0.1, -0.05) is 60.7 Å². The first-order valence-corrected chi connectivity index (χ1v) is 8.03. The summed E-state index contributed by atoms with van der Waals surface area (Å²) in [6, 6.07) is 26.6. The number of aromatic hydroxyl groups is 2. The Kier molecular flexibility index (Phi) is 6.80. The van der Waals surface area contributed by atoms with Crippen LogP contribution >= 0.6 is 0 Å². The predicted octanol–water partition coefficient (Wildman–Crippen LogP) is 4.93. The van der Waals surface area contributed by atoms with Crippen LogP contribution in [0.5, 0.6) is 11.5 Å². The molecular weight excluding hydrogens is 337 g/mol. The topological polar surface area (TPSA) is 53.4 Å². The van der Waals surface area contributed by atoms with E-state index in [1.807, 2.05) is 73.7 Å². The van der Waals surface area contributed by atoms with Gasteiger partial charge in [0, 0.05) is 11.1 Å². The molecule has 3 aromatic carbocycles. The molecule has 0 fully saturated rings. The van der Waals surface area contributed by atoms with Gasteiger partial charge in [-0.3, -0.25) is 0 Å². The molecule has 0 saturated carbocycles. The Morgan fingerprint density at radius 3 is 2.00 bits per heavy atom. The summed E-state index contributed by atoms with van der Waals surface area (Å²) in [6.45, 7) is 1.91. The molecule has 26 heavy (non-hydrogen) atoms. The van der Waals surface area contributed by atoms with Gasteiger partial charge in [0.05, 0.1) is 0 Å². The molecule has 0 saturated heterocycles. The number of phenols is 2. The number of hydrogen-bond acceptors (Lipinski definition) is 3. The van der Waals surface area contributed by atoms with Crippen LogP contribution in [0.3, 0.4) is 0 Å². The molecule has 0 aliphatic rings. The summed E-state index contributed by atoms with van der Waals surface area (Å²) in [5.74, 6) is 0.552. The first-order chi connectivity index (χ1) is 12.1. The van der Waals surface area contributed by atoms with Crippen molar-refractivity contribution in [1.29, 1.82) is 0 Å².